The molecule has 1 aromatic carbocycles. The van der Waals surface area contributed by atoms with Crippen LogP contribution in [0.3, 0.4) is 0 Å². The molecule has 2 aliphatic heterocycles. The van der Waals surface area contributed by atoms with Gasteiger partial charge in [0.1, 0.15) is 5.75 Å². The lowest BCUT2D eigenvalue weighted by atomic mass is 10.1. The standard InChI is InChI=1S/C14H14N4O3/c1-17-13(19)11-7-15-16-12(11)18(14(17)20)8-9-3-5-10(21-2)6-4-9/h3-7,12H,8H2,1-2H3/t12-/m0/s1. The van der Waals surface area contributed by atoms with Crippen LogP contribution in [0.2, 0.25) is 0 Å². The topological polar surface area (TPSA) is 74.6 Å². The molecular formula is C14H14N4O3. The quantitative estimate of drug-likeness (QED) is 0.849. The van der Waals surface area contributed by atoms with Crippen molar-refractivity contribution >= 4 is 11.9 Å². The van der Waals surface area contributed by atoms with Gasteiger partial charge in [-0.25, -0.2) is 4.79 Å². The predicted octanol–water partition coefficient (Wildman–Crippen LogP) is 1.76. The normalized spacial score (nSPS) is 20.7. The molecule has 0 aliphatic carbocycles. The lowest BCUT2D eigenvalue weighted by molar-refractivity contribution is -0.126. The lowest BCUT2D eigenvalue weighted by Crippen LogP contribution is -2.55. The molecule has 1 fully saturated rings. The number of benzene rings is 1. The summed E-state index contributed by atoms with van der Waals surface area (Å²) in [6, 6.07) is 7.02. The third-order valence-corrected chi connectivity index (χ3v) is 3.54. The van der Waals surface area contributed by atoms with Crippen molar-refractivity contribution in [2.24, 2.45) is 10.2 Å². The summed E-state index contributed by atoms with van der Waals surface area (Å²) in [6.07, 6.45) is 0.792. The Kier molecular flexibility index (Phi) is 3.17. The van der Waals surface area contributed by atoms with Gasteiger partial charge in [-0.2, -0.15) is 10.2 Å². The molecule has 2 heterocycles. The Labute approximate surface area is 121 Å². The molecule has 1 saturated heterocycles. The van der Waals surface area contributed by atoms with Gasteiger partial charge >= 0.3 is 6.03 Å². The minimum atomic E-state index is -0.622. The maximum absolute atomic E-state index is 12.3. The van der Waals surface area contributed by atoms with E-state index in [4.69, 9.17) is 4.74 Å². The highest BCUT2D eigenvalue weighted by Crippen LogP contribution is 2.28. The molecule has 0 bridgehead atoms. The average molecular weight is 286 g/mol. The number of hydrogen-bond donors (Lipinski definition) is 0. The highest BCUT2D eigenvalue weighted by atomic mass is 16.5. The zero-order chi connectivity index (χ0) is 15.0. The van der Waals surface area contributed by atoms with Crippen molar-refractivity contribution in [3.8, 4) is 5.75 Å². The van der Waals surface area contributed by atoms with Gasteiger partial charge in [-0.15, -0.1) is 0 Å². The van der Waals surface area contributed by atoms with Crippen molar-refractivity contribution < 1.29 is 14.3 Å². The number of ether oxygens (including phenoxy) is 1. The number of azo groups is 1. The minimum absolute atomic E-state index is 0.346. The van der Waals surface area contributed by atoms with Gasteiger partial charge in [-0.1, -0.05) is 12.1 Å². The first-order valence-electron chi connectivity index (χ1n) is 6.43. The molecule has 0 unspecified atom stereocenters. The van der Waals surface area contributed by atoms with Crippen molar-refractivity contribution in [1.82, 2.24) is 9.80 Å². The number of nitrogens with zero attached hydrogens (tertiary/aromatic N) is 4. The van der Waals surface area contributed by atoms with E-state index in [2.05, 4.69) is 10.2 Å². The molecule has 7 nitrogen and oxygen atoms in total. The largest absolute Gasteiger partial charge is 0.497 e. The summed E-state index contributed by atoms with van der Waals surface area (Å²) in [5.74, 6) is 0.401. The summed E-state index contributed by atoms with van der Waals surface area (Å²) in [5.41, 5.74) is 1.35. The van der Waals surface area contributed by atoms with Gasteiger partial charge in [0.2, 0.25) is 0 Å². The monoisotopic (exact) mass is 286 g/mol. The van der Waals surface area contributed by atoms with Crippen molar-refractivity contribution in [2.75, 3.05) is 14.2 Å². The predicted molar refractivity (Wildman–Crippen MR) is 73.4 cm³/mol. The molecule has 3 amide bonds. The van der Waals surface area contributed by atoms with Gasteiger partial charge in [0.25, 0.3) is 5.91 Å². The number of carbonyl (C=O) groups is 2. The number of methoxy groups -OCH3 is 1. The van der Waals surface area contributed by atoms with E-state index in [9.17, 15) is 9.59 Å². The molecule has 2 aliphatic rings. The van der Waals surface area contributed by atoms with Crippen LogP contribution in [0.25, 0.3) is 0 Å². The van der Waals surface area contributed by atoms with Crippen LogP contribution >= 0.6 is 0 Å². The van der Waals surface area contributed by atoms with Crippen molar-refractivity contribution in [2.45, 2.75) is 12.7 Å². The SMILES string of the molecule is COc1ccc(CN2C(=O)N(C)C(=O)C3=CN=N[C@H]32)cc1. The number of urea groups is 1. The van der Waals surface area contributed by atoms with E-state index >= 15 is 0 Å². The first-order valence-corrected chi connectivity index (χ1v) is 6.43. The number of carbonyl (C=O) groups excluding carboxylic acids is 2. The smallest absolute Gasteiger partial charge is 0.329 e. The third kappa shape index (κ3) is 2.16. The number of hydrogen-bond acceptors (Lipinski definition) is 5. The van der Waals surface area contributed by atoms with Gasteiger partial charge in [0.15, 0.2) is 6.17 Å². The van der Waals surface area contributed by atoms with Gasteiger partial charge in [-0.3, -0.25) is 14.6 Å². The molecular weight excluding hydrogens is 272 g/mol. The Bertz CT molecular complexity index is 651. The van der Waals surface area contributed by atoms with Crippen LogP contribution < -0.4 is 4.74 Å². The van der Waals surface area contributed by atoms with Gasteiger partial charge in [-0.05, 0) is 17.7 Å². The molecule has 0 saturated carbocycles. The molecule has 108 valence electrons. The maximum atomic E-state index is 12.3. The Morgan fingerprint density at radius 2 is 1.95 bits per heavy atom. The number of likely N-dealkylation sites (N-methyl/N-ethyl adjacent to an activating group) is 1. The molecule has 0 N–H and O–H groups in total. The molecule has 7 heteroatoms. The fourth-order valence-electron chi connectivity index (χ4n) is 2.34. The van der Waals surface area contributed by atoms with E-state index in [1.807, 2.05) is 24.3 Å². The highest BCUT2D eigenvalue weighted by molar-refractivity contribution is 6.07. The van der Waals surface area contributed by atoms with E-state index in [-0.39, 0.29) is 11.9 Å². The van der Waals surface area contributed by atoms with E-state index in [0.717, 1.165) is 16.2 Å². The fraction of sp³-hybridized carbons (Fsp3) is 0.286. The van der Waals surface area contributed by atoms with Crippen LogP contribution in [-0.4, -0.2) is 42.1 Å². The summed E-state index contributed by atoms with van der Waals surface area (Å²) < 4.78 is 5.10. The molecule has 1 aromatic rings. The first-order chi connectivity index (χ1) is 10.1. The zero-order valence-electron chi connectivity index (χ0n) is 11.7. The number of amides is 3. The number of rotatable bonds is 3. The van der Waals surface area contributed by atoms with E-state index in [1.165, 1.54) is 18.1 Å². The number of fused-ring (bicyclic) bond motifs is 1. The molecule has 1 atom stereocenters. The molecule has 3 rings (SSSR count). The second-order valence-electron chi connectivity index (χ2n) is 4.81. The Hall–Kier alpha value is -2.70. The van der Waals surface area contributed by atoms with Crippen LogP contribution in [0.4, 0.5) is 4.79 Å². The molecule has 0 aromatic heterocycles. The molecule has 0 spiro atoms. The zero-order valence-corrected chi connectivity index (χ0v) is 11.7. The third-order valence-electron chi connectivity index (χ3n) is 3.54. The van der Waals surface area contributed by atoms with Gasteiger partial charge < -0.3 is 4.74 Å². The molecule has 21 heavy (non-hydrogen) atoms. The second-order valence-corrected chi connectivity index (χ2v) is 4.81. The summed E-state index contributed by atoms with van der Waals surface area (Å²) in [4.78, 5) is 26.9. The van der Waals surface area contributed by atoms with Gasteiger partial charge in [0, 0.05) is 13.6 Å². The van der Waals surface area contributed by atoms with E-state index in [1.54, 1.807) is 7.11 Å². The van der Waals surface area contributed by atoms with Crippen LogP contribution in [0.1, 0.15) is 5.56 Å². The van der Waals surface area contributed by atoms with Crippen LogP contribution in [0.15, 0.2) is 46.3 Å². The Morgan fingerprint density at radius 3 is 2.62 bits per heavy atom. The summed E-state index contributed by atoms with van der Waals surface area (Å²) in [6.45, 7) is 0.349. The lowest BCUT2D eigenvalue weighted by Gasteiger charge is -2.36. The van der Waals surface area contributed by atoms with Crippen molar-refractivity contribution in [3.63, 3.8) is 0 Å². The number of imide groups is 1. The highest BCUT2D eigenvalue weighted by Gasteiger charge is 2.42. The molecule has 0 radical (unpaired) electrons. The van der Waals surface area contributed by atoms with Crippen LogP contribution in [0, 0.1) is 0 Å². The second kappa shape index (κ2) is 5.01. The van der Waals surface area contributed by atoms with Gasteiger partial charge in [0.05, 0.1) is 18.9 Å². The average Bonchev–Trinajstić information content (AvgIpc) is 2.99. The summed E-state index contributed by atoms with van der Waals surface area (Å²) in [5, 5.41) is 7.74. The summed E-state index contributed by atoms with van der Waals surface area (Å²) in [7, 11) is 3.06. The van der Waals surface area contributed by atoms with Crippen LogP contribution in [0.5, 0.6) is 5.75 Å². The van der Waals surface area contributed by atoms with Crippen molar-refractivity contribution in [3.05, 3.63) is 41.6 Å². The Balaban J connectivity index is 1.86. The minimum Gasteiger partial charge on any atom is -0.497 e. The van der Waals surface area contributed by atoms with Crippen LogP contribution in [-0.2, 0) is 11.3 Å². The maximum Gasteiger partial charge on any atom is 0.329 e. The van der Waals surface area contributed by atoms with E-state index < -0.39 is 6.17 Å². The van der Waals surface area contributed by atoms with E-state index in [0.29, 0.717) is 12.1 Å². The van der Waals surface area contributed by atoms with Crippen molar-refractivity contribution in [1.29, 1.82) is 0 Å². The summed E-state index contributed by atoms with van der Waals surface area (Å²) >= 11 is 0. The Morgan fingerprint density at radius 1 is 1.24 bits per heavy atom. The first kappa shape index (κ1) is 13.3. The fourth-order valence-corrected chi connectivity index (χ4v) is 2.34.